The lowest BCUT2D eigenvalue weighted by molar-refractivity contribution is -0.208. The van der Waals surface area contributed by atoms with Crippen LogP contribution in [0.3, 0.4) is 0 Å². The summed E-state index contributed by atoms with van der Waals surface area (Å²) < 4.78 is 39.1. The maximum absolute atomic E-state index is 13.0. The van der Waals surface area contributed by atoms with Crippen LogP contribution in [0.4, 0.5) is 13.2 Å². The topological polar surface area (TPSA) is 12.0 Å². The minimum Gasteiger partial charge on any atom is -0.303 e. The van der Waals surface area contributed by atoms with E-state index in [-0.39, 0.29) is 12.8 Å². The molecule has 0 bridgehead atoms. The molecule has 0 amide bonds. The Hall–Kier alpha value is -0.250. The van der Waals surface area contributed by atoms with Crippen LogP contribution in [0.5, 0.6) is 0 Å². The molecule has 1 aliphatic heterocycles. The summed E-state index contributed by atoms with van der Waals surface area (Å²) in [7, 11) is 0. The second-order valence-electron chi connectivity index (χ2n) is 5.25. The van der Waals surface area contributed by atoms with Crippen LogP contribution in [0.2, 0.25) is 0 Å². The van der Waals surface area contributed by atoms with E-state index in [1.807, 2.05) is 6.92 Å². The number of halogens is 3. The van der Waals surface area contributed by atoms with Crippen molar-refractivity contribution in [1.29, 1.82) is 0 Å². The lowest BCUT2D eigenvalue weighted by atomic mass is 9.77. The van der Waals surface area contributed by atoms with Gasteiger partial charge >= 0.3 is 6.18 Å². The van der Waals surface area contributed by atoms with Crippen molar-refractivity contribution in [3.8, 4) is 0 Å². The molecule has 0 saturated carbocycles. The Bertz CT molecular complexity index is 215. The van der Waals surface area contributed by atoms with Gasteiger partial charge in [-0.2, -0.15) is 13.2 Å². The van der Waals surface area contributed by atoms with Crippen molar-refractivity contribution in [3.63, 3.8) is 0 Å². The van der Waals surface area contributed by atoms with Gasteiger partial charge in [-0.05, 0) is 37.6 Å². The standard InChI is InChI=1S/C12H22F3N/c1-4-6-11(12(13,14)15)7-5-10(8-16-11)9(2)3/h9-10,16H,4-8H2,1-3H3. The summed E-state index contributed by atoms with van der Waals surface area (Å²) in [4.78, 5) is 0. The molecule has 16 heavy (non-hydrogen) atoms. The third kappa shape index (κ3) is 2.70. The van der Waals surface area contributed by atoms with Crippen LogP contribution in [-0.4, -0.2) is 18.3 Å². The molecule has 1 N–H and O–H groups in total. The average molecular weight is 237 g/mol. The first-order valence-corrected chi connectivity index (χ1v) is 6.14. The number of piperidine rings is 1. The van der Waals surface area contributed by atoms with Crippen LogP contribution in [0.15, 0.2) is 0 Å². The molecule has 1 rings (SSSR count). The molecule has 1 aliphatic rings. The second-order valence-corrected chi connectivity index (χ2v) is 5.25. The van der Waals surface area contributed by atoms with Crippen molar-refractivity contribution < 1.29 is 13.2 Å². The first kappa shape index (κ1) is 13.8. The Morgan fingerprint density at radius 2 is 2.00 bits per heavy atom. The second kappa shape index (κ2) is 4.94. The number of hydrogen-bond donors (Lipinski definition) is 1. The van der Waals surface area contributed by atoms with E-state index in [1.54, 1.807) is 0 Å². The van der Waals surface area contributed by atoms with Crippen molar-refractivity contribution in [2.75, 3.05) is 6.54 Å². The Kier molecular flexibility index (Phi) is 4.27. The molecule has 2 atom stereocenters. The Labute approximate surface area is 95.8 Å². The van der Waals surface area contributed by atoms with Crippen molar-refractivity contribution in [3.05, 3.63) is 0 Å². The van der Waals surface area contributed by atoms with Crippen molar-refractivity contribution in [2.45, 2.75) is 58.2 Å². The molecule has 0 aromatic carbocycles. The summed E-state index contributed by atoms with van der Waals surface area (Å²) in [5.74, 6) is 0.840. The van der Waals surface area contributed by atoms with Gasteiger partial charge in [0.15, 0.2) is 0 Å². The summed E-state index contributed by atoms with van der Waals surface area (Å²) in [6, 6.07) is 0. The van der Waals surface area contributed by atoms with Crippen molar-refractivity contribution in [1.82, 2.24) is 5.32 Å². The highest BCUT2D eigenvalue weighted by atomic mass is 19.4. The van der Waals surface area contributed by atoms with Crippen LogP contribution < -0.4 is 5.32 Å². The monoisotopic (exact) mass is 237 g/mol. The molecule has 0 aromatic heterocycles. The zero-order valence-corrected chi connectivity index (χ0v) is 10.3. The smallest absolute Gasteiger partial charge is 0.303 e. The molecule has 0 aromatic rings. The molecule has 96 valence electrons. The molecule has 4 heteroatoms. The number of nitrogens with one attached hydrogen (secondary N) is 1. The van der Waals surface area contributed by atoms with Crippen LogP contribution in [-0.2, 0) is 0 Å². The molecule has 2 unspecified atom stereocenters. The summed E-state index contributed by atoms with van der Waals surface area (Å²) >= 11 is 0. The predicted molar refractivity (Wildman–Crippen MR) is 59.3 cm³/mol. The zero-order chi connectivity index (χ0) is 12.4. The molecule has 0 spiro atoms. The molecule has 1 nitrogen and oxygen atoms in total. The number of rotatable bonds is 3. The van der Waals surface area contributed by atoms with Gasteiger partial charge in [-0.25, -0.2) is 0 Å². The molecule has 1 heterocycles. The van der Waals surface area contributed by atoms with Gasteiger partial charge in [-0.1, -0.05) is 27.2 Å². The van der Waals surface area contributed by atoms with Crippen LogP contribution >= 0.6 is 0 Å². The summed E-state index contributed by atoms with van der Waals surface area (Å²) in [5.41, 5.74) is -1.62. The maximum atomic E-state index is 13.0. The SMILES string of the molecule is CCCC1(C(F)(F)F)CCC(C(C)C)CN1. The van der Waals surface area contributed by atoms with Crippen molar-refractivity contribution >= 4 is 0 Å². The molecule has 0 radical (unpaired) electrons. The third-order valence-electron chi connectivity index (χ3n) is 3.81. The molecule has 1 saturated heterocycles. The normalized spacial score (nSPS) is 32.1. The van der Waals surface area contributed by atoms with Crippen LogP contribution in [0, 0.1) is 11.8 Å². The van der Waals surface area contributed by atoms with Gasteiger partial charge in [-0.15, -0.1) is 0 Å². The van der Waals surface area contributed by atoms with E-state index in [0.29, 0.717) is 31.2 Å². The predicted octanol–water partition coefficient (Wildman–Crippen LogP) is 3.74. The van der Waals surface area contributed by atoms with E-state index < -0.39 is 11.7 Å². The number of hydrogen-bond acceptors (Lipinski definition) is 1. The Balaban J connectivity index is 2.70. The van der Waals surface area contributed by atoms with Gasteiger partial charge in [0.05, 0.1) is 0 Å². The van der Waals surface area contributed by atoms with Crippen molar-refractivity contribution in [2.24, 2.45) is 11.8 Å². The number of alkyl halides is 3. The summed E-state index contributed by atoms with van der Waals surface area (Å²) in [6.45, 7) is 6.46. The first-order valence-electron chi connectivity index (χ1n) is 6.14. The minimum absolute atomic E-state index is 0.196. The lowest BCUT2D eigenvalue weighted by Crippen LogP contribution is -2.60. The van der Waals surface area contributed by atoms with Gasteiger partial charge < -0.3 is 5.32 Å². The van der Waals surface area contributed by atoms with Crippen LogP contribution in [0.25, 0.3) is 0 Å². The molecule has 1 fully saturated rings. The Morgan fingerprint density at radius 3 is 2.31 bits per heavy atom. The fraction of sp³-hybridized carbons (Fsp3) is 1.00. The fourth-order valence-electron chi connectivity index (χ4n) is 2.54. The van der Waals surface area contributed by atoms with Crippen LogP contribution in [0.1, 0.15) is 46.5 Å². The summed E-state index contributed by atoms with van der Waals surface area (Å²) in [6.07, 6.45) is -2.44. The highest BCUT2D eigenvalue weighted by Crippen LogP contribution is 2.41. The lowest BCUT2D eigenvalue weighted by Gasteiger charge is -2.43. The highest BCUT2D eigenvalue weighted by Gasteiger charge is 2.55. The first-order chi connectivity index (χ1) is 7.32. The fourth-order valence-corrected chi connectivity index (χ4v) is 2.54. The molecular formula is C12H22F3N. The van der Waals surface area contributed by atoms with Gasteiger partial charge in [0.2, 0.25) is 0 Å². The third-order valence-corrected chi connectivity index (χ3v) is 3.81. The molecule has 0 aliphatic carbocycles. The minimum atomic E-state index is -4.12. The van der Waals surface area contributed by atoms with Gasteiger partial charge in [0, 0.05) is 0 Å². The van der Waals surface area contributed by atoms with E-state index in [0.717, 1.165) is 0 Å². The quantitative estimate of drug-likeness (QED) is 0.788. The van der Waals surface area contributed by atoms with Gasteiger partial charge in [-0.3, -0.25) is 0 Å². The average Bonchev–Trinajstić information content (AvgIpc) is 2.17. The zero-order valence-electron chi connectivity index (χ0n) is 10.3. The van der Waals surface area contributed by atoms with Gasteiger partial charge in [0.1, 0.15) is 5.54 Å². The van der Waals surface area contributed by atoms with Gasteiger partial charge in [0.25, 0.3) is 0 Å². The largest absolute Gasteiger partial charge is 0.406 e. The van der Waals surface area contributed by atoms with E-state index >= 15 is 0 Å². The van der Waals surface area contributed by atoms with E-state index in [2.05, 4.69) is 19.2 Å². The maximum Gasteiger partial charge on any atom is 0.406 e. The summed E-state index contributed by atoms with van der Waals surface area (Å²) in [5, 5.41) is 2.78. The highest BCUT2D eigenvalue weighted by molar-refractivity contribution is 4.99. The Morgan fingerprint density at radius 1 is 1.38 bits per heavy atom. The van der Waals surface area contributed by atoms with E-state index in [9.17, 15) is 13.2 Å². The molecular weight excluding hydrogens is 215 g/mol. The van der Waals surface area contributed by atoms with E-state index in [1.165, 1.54) is 0 Å². The van der Waals surface area contributed by atoms with E-state index in [4.69, 9.17) is 0 Å².